The molecule has 0 saturated heterocycles. The fourth-order valence-corrected chi connectivity index (χ4v) is 5.06. The number of hydrogen-bond acceptors (Lipinski definition) is 0. The molecule has 0 heteroatoms. The first kappa shape index (κ1) is 30.0. The lowest BCUT2D eigenvalue weighted by Gasteiger charge is -2.14. The molecule has 3 atom stereocenters. The van der Waals surface area contributed by atoms with Crippen molar-refractivity contribution in [2.45, 2.75) is 176 Å². The molecule has 0 spiro atoms. The Bertz CT molecular complexity index is 307. The predicted molar refractivity (Wildman–Crippen MR) is 140 cm³/mol. The van der Waals surface area contributed by atoms with Crippen LogP contribution in [0.2, 0.25) is 0 Å². The molecular formula is C30H62. The molecule has 0 nitrogen and oxygen atoms in total. The van der Waals surface area contributed by atoms with E-state index in [9.17, 15) is 0 Å². The minimum absolute atomic E-state index is 0.953. The third-order valence-corrected chi connectivity index (χ3v) is 7.37. The molecule has 3 unspecified atom stereocenters. The van der Waals surface area contributed by atoms with Crippen molar-refractivity contribution in [2.75, 3.05) is 0 Å². The van der Waals surface area contributed by atoms with Gasteiger partial charge >= 0.3 is 0 Å². The molecule has 0 aromatic carbocycles. The van der Waals surface area contributed by atoms with Crippen LogP contribution in [0.15, 0.2) is 0 Å². The highest BCUT2D eigenvalue weighted by molar-refractivity contribution is 4.60. The van der Waals surface area contributed by atoms with Crippen molar-refractivity contribution in [1.29, 1.82) is 0 Å². The van der Waals surface area contributed by atoms with Crippen molar-refractivity contribution in [1.82, 2.24) is 0 Å². The zero-order chi connectivity index (χ0) is 22.3. The van der Waals surface area contributed by atoms with Gasteiger partial charge in [0.2, 0.25) is 0 Å². The lowest BCUT2D eigenvalue weighted by Crippen LogP contribution is -1.99. The predicted octanol–water partition coefficient (Wildman–Crippen LogP) is 11.5. The molecule has 0 N–H and O–H groups in total. The van der Waals surface area contributed by atoms with Gasteiger partial charge in [0, 0.05) is 0 Å². The molecule has 0 fully saturated rings. The maximum Gasteiger partial charge on any atom is -0.0443 e. The maximum atomic E-state index is 2.50. The second-order valence-corrected chi connectivity index (χ2v) is 11.0. The summed E-state index contributed by atoms with van der Waals surface area (Å²) in [6, 6.07) is 0. The van der Waals surface area contributed by atoms with Gasteiger partial charge < -0.3 is 0 Å². The van der Waals surface area contributed by atoms with E-state index < -0.39 is 0 Å². The first-order valence-corrected chi connectivity index (χ1v) is 14.6. The van der Waals surface area contributed by atoms with E-state index in [1.54, 1.807) is 0 Å². The lowest BCUT2D eigenvalue weighted by molar-refractivity contribution is 0.389. The van der Waals surface area contributed by atoms with E-state index in [0.717, 1.165) is 17.8 Å². The molecule has 182 valence electrons. The zero-order valence-electron chi connectivity index (χ0n) is 22.3. The van der Waals surface area contributed by atoms with Crippen molar-refractivity contribution >= 4 is 0 Å². The first-order valence-electron chi connectivity index (χ1n) is 14.6. The molecule has 0 amide bonds. The van der Waals surface area contributed by atoms with Crippen molar-refractivity contribution < 1.29 is 0 Å². The minimum Gasteiger partial charge on any atom is -0.0654 e. The van der Waals surface area contributed by atoms with Gasteiger partial charge in [-0.1, -0.05) is 176 Å². The number of hydrogen-bond donors (Lipinski definition) is 0. The quantitative estimate of drug-likeness (QED) is 0.136. The van der Waals surface area contributed by atoms with E-state index in [2.05, 4.69) is 34.6 Å². The Morgan fingerprint density at radius 3 is 0.967 bits per heavy atom. The first-order chi connectivity index (χ1) is 14.6. The third-order valence-electron chi connectivity index (χ3n) is 7.37. The molecule has 0 aromatic heterocycles. The summed E-state index contributed by atoms with van der Waals surface area (Å²) in [6.07, 6.45) is 32.1. The number of unbranched alkanes of at least 4 members (excludes halogenated alkanes) is 12. The van der Waals surface area contributed by atoms with E-state index in [4.69, 9.17) is 0 Å². The van der Waals surface area contributed by atoms with Gasteiger partial charge in [-0.3, -0.25) is 0 Å². The molecule has 0 aliphatic rings. The molecule has 0 rings (SSSR count). The lowest BCUT2D eigenvalue weighted by atomic mass is 9.92. The highest BCUT2D eigenvalue weighted by atomic mass is 14.1. The Morgan fingerprint density at radius 2 is 0.600 bits per heavy atom. The van der Waals surface area contributed by atoms with Gasteiger partial charge in [-0.15, -0.1) is 0 Å². The van der Waals surface area contributed by atoms with Crippen LogP contribution in [-0.2, 0) is 0 Å². The van der Waals surface area contributed by atoms with E-state index in [0.29, 0.717) is 0 Å². The molecule has 0 aliphatic heterocycles. The van der Waals surface area contributed by atoms with Crippen molar-refractivity contribution in [3.63, 3.8) is 0 Å². The Hall–Kier alpha value is 0. The summed E-state index contributed by atoms with van der Waals surface area (Å²) in [4.78, 5) is 0. The molecule has 0 bridgehead atoms. The van der Waals surface area contributed by atoms with E-state index >= 15 is 0 Å². The van der Waals surface area contributed by atoms with Gasteiger partial charge in [0.1, 0.15) is 0 Å². The van der Waals surface area contributed by atoms with Crippen LogP contribution in [0.3, 0.4) is 0 Å². The summed E-state index contributed by atoms with van der Waals surface area (Å²) >= 11 is 0. The summed E-state index contributed by atoms with van der Waals surface area (Å²) in [6.45, 7) is 12.0. The summed E-state index contributed by atoms with van der Waals surface area (Å²) in [7, 11) is 0. The van der Waals surface area contributed by atoms with Gasteiger partial charge in [-0.2, -0.15) is 0 Å². The van der Waals surface area contributed by atoms with Crippen molar-refractivity contribution in [3.05, 3.63) is 0 Å². The highest BCUT2D eigenvalue weighted by Gasteiger charge is 2.06. The maximum absolute atomic E-state index is 2.50. The summed E-state index contributed by atoms with van der Waals surface area (Å²) in [5, 5.41) is 0. The smallest absolute Gasteiger partial charge is 0.0443 e. The van der Waals surface area contributed by atoms with E-state index in [-0.39, 0.29) is 0 Å². The van der Waals surface area contributed by atoms with Crippen LogP contribution in [-0.4, -0.2) is 0 Å². The largest absolute Gasteiger partial charge is 0.0654 e. The minimum atomic E-state index is 0.953. The molecule has 0 aromatic rings. The second kappa shape index (κ2) is 23.7. The Kier molecular flexibility index (Phi) is 23.7. The highest BCUT2D eigenvalue weighted by Crippen LogP contribution is 2.22. The van der Waals surface area contributed by atoms with Gasteiger partial charge in [0.15, 0.2) is 0 Å². The van der Waals surface area contributed by atoms with E-state index in [1.165, 1.54) is 141 Å². The van der Waals surface area contributed by atoms with Gasteiger partial charge in [0.05, 0.1) is 0 Å². The normalized spacial score (nSPS) is 14.7. The second-order valence-electron chi connectivity index (χ2n) is 11.0. The van der Waals surface area contributed by atoms with Crippen LogP contribution in [0.4, 0.5) is 0 Å². The van der Waals surface area contributed by atoms with Crippen LogP contribution in [0.25, 0.3) is 0 Å². The SMILES string of the molecule is CCCCCCCCCCCC(C)CCCC(C)CCCCCCCC(C)CCC. The Morgan fingerprint density at radius 1 is 0.300 bits per heavy atom. The standard InChI is InChI=1S/C30H62/c1-6-8-9-10-11-12-13-15-19-24-29(4)26-21-27-30(5)25-20-17-14-16-18-23-28(3)22-7-2/h28-30H,6-27H2,1-5H3. The fourth-order valence-electron chi connectivity index (χ4n) is 5.06. The Balaban J connectivity index is 3.33. The third kappa shape index (κ3) is 22.7. The molecule has 0 aliphatic carbocycles. The topological polar surface area (TPSA) is 0 Å². The number of rotatable bonds is 24. The average Bonchev–Trinajstić information content (AvgIpc) is 2.72. The van der Waals surface area contributed by atoms with Crippen LogP contribution in [0.5, 0.6) is 0 Å². The van der Waals surface area contributed by atoms with Crippen LogP contribution in [0.1, 0.15) is 176 Å². The average molecular weight is 423 g/mol. The zero-order valence-corrected chi connectivity index (χ0v) is 22.3. The van der Waals surface area contributed by atoms with Gasteiger partial charge in [-0.25, -0.2) is 0 Å². The van der Waals surface area contributed by atoms with Crippen molar-refractivity contribution in [2.24, 2.45) is 17.8 Å². The van der Waals surface area contributed by atoms with Crippen LogP contribution < -0.4 is 0 Å². The summed E-state index contributed by atoms with van der Waals surface area (Å²) in [5.74, 6) is 2.86. The van der Waals surface area contributed by atoms with Crippen molar-refractivity contribution in [3.8, 4) is 0 Å². The summed E-state index contributed by atoms with van der Waals surface area (Å²) in [5.41, 5.74) is 0. The molecule has 0 heterocycles. The Labute approximate surface area is 193 Å². The van der Waals surface area contributed by atoms with Gasteiger partial charge in [0.25, 0.3) is 0 Å². The summed E-state index contributed by atoms with van der Waals surface area (Å²) < 4.78 is 0. The van der Waals surface area contributed by atoms with E-state index in [1.807, 2.05) is 0 Å². The molecule has 30 heavy (non-hydrogen) atoms. The molecule has 0 saturated carbocycles. The molecule has 0 radical (unpaired) electrons. The van der Waals surface area contributed by atoms with Crippen LogP contribution in [0, 0.1) is 17.8 Å². The van der Waals surface area contributed by atoms with Crippen LogP contribution >= 0.6 is 0 Å². The monoisotopic (exact) mass is 422 g/mol. The fraction of sp³-hybridized carbons (Fsp3) is 1.00. The van der Waals surface area contributed by atoms with Gasteiger partial charge in [-0.05, 0) is 17.8 Å². The molecular weight excluding hydrogens is 360 g/mol.